The molecule has 0 fully saturated rings. The van der Waals surface area contributed by atoms with E-state index in [9.17, 15) is 0 Å². The van der Waals surface area contributed by atoms with Gasteiger partial charge in [0.05, 0.1) is 22.8 Å². The van der Waals surface area contributed by atoms with Crippen molar-refractivity contribution in [2.75, 3.05) is 12.5 Å². The Morgan fingerprint density at radius 1 is 0.340 bits per heavy atom. The molecule has 0 spiro atoms. The number of nitrogens with one attached hydrogen (secondary N) is 2. The van der Waals surface area contributed by atoms with Crippen LogP contribution in [0.4, 0.5) is 0 Å². The maximum Gasteiger partial charge on any atom is 0.138 e. The van der Waals surface area contributed by atoms with Gasteiger partial charge in [-0.05, 0) is 47.9 Å². The SMILES string of the molecule is CSc1ccc(-c2nc(-c3ccccc3)c(-c3ccc(-c4ccc(-c5[nH]c(-c6ccc(SC)cc6)nc5-c5ccccc5)cc4)cc3)[nH]2)cc1. The van der Waals surface area contributed by atoms with Crippen LogP contribution >= 0.6 is 23.5 Å². The number of aromatic nitrogens is 4. The highest BCUT2D eigenvalue weighted by Gasteiger charge is 2.17. The standard InChI is InChI=1S/C44H34N4S2/c1-49-37-25-21-35(22-26-37)43-45-39(31-9-5-3-6-10-31)41(47-43)33-17-13-29(14-18-33)30-15-19-34(20-16-30)42-40(32-11-7-4-8-12-32)46-44(48-42)36-23-27-38(50-2)28-24-36/h3-28H,1-2H3,(H,45,47)(H,46,48). The number of rotatable bonds is 9. The molecule has 0 atom stereocenters. The Morgan fingerprint density at radius 2 is 0.660 bits per heavy atom. The van der Waals surface area contributed by atoms with Crippen molar-refractivity contribution in [3.8, 4) is 78.9 Å². The zero-order chi connectivity index (χ0) is 33.9. The fourth-order valence-electron chi connectivity index (χ4n) is 6.20. The van der Waals surface area contributed by atoms with E-state index < -0.39 is 0 Å². The van der Waals surface area contributed by atoms with Crippen molar-refractivity contribution in [3.05, 3.63) is 158 Å². The molecule has 0 amide bonds. The largest absolute Gasteiger partial charge is 0.337 e. The van der Waals surface area contributed by atoms with E-state index in [2.05, 4.69) is 168 Å². The highest BCUT2D eigenvalue weighted by molar-refractivity contribution is 7.98. The number of thioether (sulfide) groups is 2. The minimum absolute atomic E-state index is 0.861. The third-order valence-corrected chi connectivity index (χ3v) is 10.4. The number of H-pyrrole nitrogens is 2. The van der Waals surface area contributed by atoms with Crippen LogP contribution in [-0.2, 0) is 0 Å². The molecule has 0 saturated heterocycles. The lowest BCUT2D eigenvalue weighted by Gasteiger charge is -2.08. The van der Waals surface area contributed by atoms with Crippen molar-refractivity contribution < 1.29 is 0 Å². The molecule has 0 aliphatic rings. The molecule has 50 heavy (non-hydrogen) atoms. The van der Waals surface area contributed by atoms with Gasteiger partial charge in [-0.2, -0.15) is 0 Å². The van der Waals surface area contributed by atoms with E-state index in [4.69, 9.17) is 9.97 Å². The Labute approximate surface area is 301 Å². The number of benzene rings is 6. The predicted molar refractivity (Wildman–Crippen MR) is 212 cm³/mol. The van der Waals surface area contributed by atoms with Crippen LogP contribution in [-0.4, -0.2) is 32.4 Å². The normalized spacial score (nSPS) is 11.2. The highest BCUT2D eigenvalue weighted by Crippen LogP contribution is 2.37. The molecule has 8 rings (SSSR count). The van der Waals surface area contributed by atoms with Gasteiger partial charge in [-0.3, -0.25) is 0 Å². The van der Waals surface area contributed by atoms with Gasteiger partial charge < -0.3 is 9.97 Å². The summed E-state index contributed by atoms with van der Waals surface area (Å²) in [7, 11) is 0. The molecular weight excluding hydrogens is 649 g/mol. The minimum Gasteiger partial charge on any atom is -0.337 e. The van der Waals surface area contributed by atoms with Crippen LogP contribution in [0, 0.1) is 0 Å². The van der Waals surface area contributed by atoms with Crippen molar-refractivity contribution in [3.63, 3.8) is 0 Å². The third-order valence-electron chi connectivity index (χ3n) is 8.91. The first-order valence-electron chi connectivity index (χ1n) is 16.5. The van der Waals surface area contributed by atoms with E-state index in [1.807, 2.05) is 12.1 Å². The molecule has 0 bridgehead atoms. The predicted octanol–water partition coefficient (Wildman–Crippen LogP) is 12.2. The quantitative estimate of drug-likeness (QED) is 0.149. The number of hydrogen-bond acceptors (Lipinski definition) is 4. The molecule has 2 aromatic heterocycles. The molecule has 0 aliphatic heterocycles. The molecule has 0 unspecified atom stereocenters. The highest BCUT2D eigenvalue weighted by atomic mass is 32.2. The summed E-state index contributed by atoms with van der Waals surface area (Å²) >= 11 is 3.48. The van der Waals surface area contributed by atoms with Crippen molar-refractivity contribution in [1.82, 2.24) is 19.9 Å². The molecule has 8 aromatic rings. The zero-order valence-corrected chi connectivity index (χ0v) is 29.4. The van der Waals surface area contributed by atoms with Gasteiger partial charge in [-0.25, -0.2) is 9.97 Å². The van der Waals surface area contributed by atoms with Gasteiger partial charge in [0, 0.05) is 43.2 Å². The van der Waals surface area contributed by atoms with Gasteiger partial charge in [0.15, 0.2) is 0 Å². The Morgan fingerprint density at radius 3 is 1.00 bits per heavy atom. The van der Waals surface area contributed by atoms with Crippen LogP contribution in [0.5, 0.6) is 0 Å². The summed E-state index contributed by atoms with van der Waals surface area (Å²) in [4.78, 5) is 19.9. The van der Waals surface area contributed by atoms with Crippen LogP contribution in [0.2, 0.25) is 0 Å². The maximum atomic E-state index is 5.09. The summed E-state index contributed by atoms with van der Waals surface area (Å²) in [6, 6.07) is 55.3. The Kier molecular flexibility index (Phi) is 8.95. The van der Waals surface area contributed by atoms with Crippen LogP contribution in [0.25, 0.3) is 78.9 Å². The van der Waals surface area contributed by atoms with Gasteiger partial charge in [0.2, 0.25) is 0 Å². The molecule has 6 aromatic carbocycles. The number of aromatic amines is 2. The maximum absolute atomic E-state index is 5.09. The average Bonchev–Trinajstić information content (AvgIpc) is 3.85. The summed E-state index contributed by atoms with van der Waals surface area (Å²) in [5, 5.41) is 0. The summed E-state index contributed by atoms with van der Waals surface area (Å²) < 4.78 is 0. The molecule has 242 valence electrons. The van der Waals surface area contributed by atoms with Crippen molar-refractivity contribution in [2.24, 2.45) is 0 Å². The van der Waals surface area contributed by atoms with Gasteiger partial charge >= 0.3 is 0 Å². The molecule has 0 aliphatic carbocycles. The second-order valence-electron chi connectivity index (χ2n) is 12.0. The fourth-order valence-corrected chi connectivity index (χ4v) is 7.02. The van der Waals surface area contributed by atoms with Crippen LogP contribution in [0.1, 0.15) is 0 Å². The number of nitrogens with zero attached hydrogens (tertiary/aromatic N) is 2. The van der Waals surface area contributed by atoms with Gasteiger partial charge in [-0.15, -0.1) is 23.5 Å². The van der Waals surface area contributed by atoms with E-state index in [1.54, 1.807) is 23.5 Å². The summed E-state index contributed by atoms with van der Waals surface area (Å²) in [5.74, 6) is 1.72. The van der Waals surface area contributed by atoms with Crippen molar-refractivity contribution in [2.45, 2.75) is 9.79 Å². The smallest absolute Gasteiger partial charge is 0.138 e. The fraction of sp³-hybridized carbons (Fsp3) is 0.0455. The lowest BCUT2D eigenvalue weighted by molar-refractivity contribution is 1.30. The first-order valence-corrected chi connectivity index (χ1v) is 18.9. The molecular formula is C44H34N4S2. The summed E-state index contributed by atoms with van der Waals surface area (Å²) in [6.07, 6.45) is 4.18. The first kappa shape index (κ1) is 31.7. The van der Waals surface area contributed by atoms with Gasteiger partial charge in [-0.1, -0.05) is 133 Å². The molecule has 0 radical (unpaired) electrons. The second kappa shape index (κ2) is 14.1. The average molecular weight is 683 g/mol. The van der Waals surface area contributed by atoms with E-state index in [0.717, 1.165) is 78.9 Å². The van der Waals surface area contributed by atoms with Crippen LogP contribution in [0.15, 0.2) is 168 Å². The van der Waals surface area contributed by atoms with E-state index in [0.29, 0.717) is 0 Å². The Hall–Kier alpha value is -5.56. The lowest BCUT2D eigenvalue weighted by atomic mass is 9.98. The zero-order valence-electron chi connectivity index (χ0n) is 27.7. The summed E-state index contributed by atoms with van der Waals surface area (Å²) in [6.45, 7) is 0. The van der Waals surface area contributed by atoms with Crippen molar-refractivity contribution in [1.29, 1.82) is 0 Å². The molecule has 6 heteroatoms. The van der Waals surface area contributed by atoms with Gasteiger partial charge in [0.1, 0.15) is 11.6 Å². The topological polar surface area (TPSA) is 57.4 Å². The number of hydrogen-bond donors (Lipinski definition) is 2. The molecule has 0 saturated carbocycles. The molecule has 2 heterocycles. The van der Waals surface area contributed by atoms with E-state index >= 15 is 0 Å². The Bertz CT molecular complexity index is 2170. The summed E-state index contributed by atoms with van der Waals surface area (Å²) in [5.41, 5.74) is 12.7. The van der Waals surface area contributed by atoms with Crippen LogP contribution in [0.3, 0.4) is 0 Å². The Balaban J connectivity index is 1.11. The lowest BCUT2D eigenvalue weighted by Crippen LogP contribution is -1.86. The van der Waals surface area contributed by atoms with Crippen LogP contribution < -0.4 is 0 Å². The minimum atomic E-state index is 0.861. The number of imidazole rings is 2. The van der Waals surface area contributed by atoms with E-state index in [-0.39, 0.29) is 0 Å². The monoisotopic (exact) mass is 682 g/mol. The third kappa shape index (κ3) is 6.43. The molecule has 4 nitrogen and oxygen atoms in total. The van der Waals surface area contributed by atoms with Gasteiger partial charge in [0.25, 0.3) is 0 Å². The van der Waals surface area contributed by atoms with Crippen molar-refractivity contribution >= 4 is 23.5 Å². The first-order chi connectivity index (χ1) is 24.7. The molecule has 2 N–H and O–H groups in total. The van der Waals surface area contributed by atoms with E-state index in [1.165, 1.54) is 9.79 Å². The second-order valence-corrected chi connectivity index (χ2v) is 13.7.